The molecule has 7 heteroatoms. The van der Waals surface area contributed by atoms with Crippen LogP contribution in [0.5, 0.6) is 0 Å². The van der Waals surface area contributed by atoms with Crippen molar-refractivity contribution in [2.45, 2.75) is 6.04 Å². The van der Waals surface area contributed by atoms with Gasteiger partial charge in [0, 0.05) is 23.3 Å². The monoisotopic (exact) mass is 338 g/mol. The lowest BCUT2D eigenvalue weighted by Crippen LogP contribution is -2.39. The van der Waals surface area contributed by atoms with Crippen LogP contribution < -0.4 is 10.6 Å². The van der Waals surface area contributed by atoms with E-state index in [-0.39, 0.29) is 19.1 Å². The predicted octanol–water partition coefficient (Wildman–Crippen LogP) is 1.14. The fourth-order valence-corrected chi connectivity index (χ4v) is 2.51. The first-order valence-corrected chi connectivity index (χ1v) is 7.83. The minimum Gasteiger partial charge on any atom is -0.394 e. The second-order valence-electron chi connectivity index (χ2n) is 5.54. The minimum atomic E-state index is -0.564. The van der Waals surface area contributed by atoms with Crippen LogP contribution in [0.2, 0.25) is 0 Å². The first kappa shape index (κ1) is 16.7. The fraction of sp³-hybridized carbons (Fsp3) is 0.167. The Morgan fingerprint density at radius 2 is 2.04 bits per heavy atom. The van der Waals surface area contributed by atoms with Crippen molar-refractivity contribution in [2.24, 2.45) is 0 Å². The molecule has 25 heavy (non-hydrogen) atoms. The number of pyridine rings is 1. The van der Waals surface area contributed by atoms with Crippen molar-refractivity contribution < 1.29 is 14.7 Å². The maximum atomic E-state index is 12.2. The van der Waals surface area contributed by atoms with Crippen molar-refractivity contribution in [2.75, 3.05) is 13.2 Å². The van der Waals surface area contributed by atoms with E-state index in [1.165, 1.54) is 0 Å². The molecule has 2 aromatic heterocycles. The Hall–Kier alpha value is -3.19. The van der Waals surface area contributed by atoms with Crippen molar-refractivity contribution in [3.05, 3.63) is 66.1 Å². The molecule has 1 atom stereocenters. The van der Waals surface area contributed by atoms with Crippen LogP contribution in [-0.2, 0) is 4.79 Å². The Bertz CT molecular complexity index is 843. The van der Waals surface area contributed by atoms with E-state index in [0.29, 0.717) is 11.3 Å². The van der Waals surface area contributed by atoms with Crippen molar-refractivity contribution in [1.82, 2.24) is 20.6 Å². The van der Waals surface area contributed by atoms with Gasteiger partial charge >= 0.3 is 0 Å². The molecule has 0 saturated carbocycles. The molecule has 2 heterocycles. The molecule has 2 amide bonds. The largest absolute Gasteiger partial charge is 0.394 e. The highest BCUT2D eigenvalue weighted by Gasteiger charge is 2.15. The van der Waals surface area contributed by atoms with Crippen LogP contribution in [0, 0.1) is 0 Å². The summed E-state index contributed by atoms with van der Waals surface area (Å²) < 4.78 is 0. The Balaban J connectivity index is 1.57. The molecule has 0 aliphatic rings. The summed E-state index contributed by atoms with van der Waals surface area (Å²) in [5.74, 6) is -0.763. The molecule has 1 aromatic carbocycles. The van der Waals surface area contributed by atoms with E-state index in [2.05, 4.69) is 20.6 Å². The molecule has 0 radical (unpaired) electrons. The molecule has 0 bridgehead atoms. The zero-order valence-corrected chi connectivity index (χ0v) is 13.4. The third-order valence-electron chi connectivity index (χ3n) is 3.79. The highest BCUT2D eigenvalue weighted by Crippen LogP contribution is 2.14. The van der Waals surface area contributed by atoms with E-state index in [9.17, 15) is 14.7 Å². The summed E-state index contributed by atoms with van der Waals surface area (Å²) in [6.45, 7) is -0.446. The first-order chi connectivity index (χ1) is 12.2. The van der Waals surface area contributed by atoms with Crippen LogP contribution in [0.4, 0.5) is 0 Å². The number of fused-ring (bicyclic) bond motifs is 1. The number of hydrogen-bond donors (Lipinski definition) is 4. The molecule has 3 rings (SSSR count). The van der Waals surface area contributed by atoms with Crippen molar-refractivity contribution in [3.63, 3.8) is 0 Å². The van der Waals surface area contributed by atoms with E-state index in [4.69, 9.17) is 0 Å². The smallest absolute Gasteiger partial charge is 0.268 e. The van der Waals surface area contributed by atoms with E-state index in [1.807, 2.05) is 24.3 Å². The SMILES string of the molecule is O=C(CNC(=O)c1cc2ccccc2[nH]1)NC(CO)c1cccnc1. The van der Waals surface area contributed by atoms with E-state index >= 15 is 0 Å². The number of benzene rings is 1. The van der Waals surface area contributed by atoms with Crippen LogP contribution >= 0.6 is 0 Å². The van der Waals surface area contributed by atoms with Crippen LogP contribution in [0.25, 0.3) is 10.9 Å². The average Bonchev–Trinajstić information content (AvgIpc) is 3.09. The van der Waals surface area contributed by atoms with Gasteiger partial charge in [0.25, 0.3) is 5.91 Å². The molecule has 1 unspecified atom stereocenters. The molecule has 0 saturated heterocycles. The molecule has 4 N–H and O–H groups in total. The quantitative estimate of drug-likeness (QED) is 0.541. The van der Waals surface area contributed by atoms with Gasteiger partial charge in [0.15, 0.2) is 0 Å². The Morgan fingerprint density at radius 1 is 1.20 bits per heavy atom. The lowest BCUT2D eigenvalue weighted by atomic mass is 10.1. The van der Waals surface area contributed by atoms with Gasteiger partial charge in [0.1, 0.15) is 5.69 Å². The van der Waals surface area contributed by atoms with Crippen LogP contribution in [0.15, 0.2) is 54.9 Å². The summed E-state index contributed by atoms with van der Waals surface area (Å²) in [6, 6.07) is 12.2. The third-order valence-corrected chi connectivity index (χ3v) is 3.79. The molecule has 0 spiro atoms. The van der Waals surface area contributed by atoms with Crippen LogP contribution in [0.1, 0.15) is 22.1 Å². The maximum absolute atomic E-state index is 12.2. The number of carbonyl (C=O) groups is 2. The van der Waals surface area contributed by atoms with Gasteiger partial charge in [-0.3, -0.25) is 14.6 Å². The summed E-state index contributed by atoms with van der Waals surface area (Å²) in [4.78, 5) is 31.2. The number of rotatable bonds is 6. The Labute approximate surface area is 144 Å². The first-order valence-electron chi connectivity index (χ1n) is 7.83. The Kier molecular flexibility index (Phi) is 5.06. The number of aliphatic hydroxyl groups is 1. The minimum absolute atomic E-state index is 0.190. The second kappa shape index (κ2) is 7.59. The number of hydrogen-bond acceptors (Lipinski definition) is 4. The number of carbonyl (C=O) groups excluding carboxylic acids is 2. The summed E-state index contributed by atoms with van der Waals surface area (Å²) in [5.41, 5.74) is 1.94. The van der Waals surface area contributed by atoms with Crippen molar-refractivity contribution in [3.8, 4) is 0 Å². The number of nitrogens with one attached hydrogen (secondary N) is 3. The predicted molar refractivity (Wildman–Crippen MR) is 92.8 cm³/mol. The maximum Gasteiger partial charge on any atom is 0.268 e. The van der Waals surface area contributed by atoms with Crippen molar-refractivity contribution in [1.29, 1.82) is 0 Å². The number of para-hydroxylation sites is 1. The van der Waals surface area contributed by atoms with Crippen LogP contribution in [0.3, 0.4) is 0 Å². The summed E-state index contributed by atoms with van der Waals surface area (Å²) >= 11 is 0. The molecule has 0 aliphatic carbocycles. The van der Waals surface area contributed by atoms with Gasteiger partial charge in [-0.1, -0.05) is 24.3 Å². The second-order valence-corrected chi connectivity index (χ2v) is 5.54. The van der Waals surface area contributed by atoms with E-state index in [0.717, 1.165) is 10.9 Å². The molecule has 3 aromatic rings. The molecule has 7 nitrogen and oxygen atoms in total. The molecule has 0 fully saturated rings. The normalized spacial score (nSPS) is 11.9. The van der Waals surface area contributed by atoms with Crippen LogP contribution in [-0.4, -0.2) is 40.0 Å². The Morgan fingerprint density at radius 3 is 2.76 bits per heavy atom. The van der Waals surface area contributed by atoms with E-state index < -0.39 is 11.9 Å². The number of H-pyrrole nitrogens is 1. The number of aliphatic hydroxyl groups excluding tert-OH is 1. The summed E-state index contributed by atoms with van der Waals surface area (Å²) in [5, 5.41) is 15.6. The van der Waals surface area contributed by atoms with E-state index in [1.54, 1.807) is 30.6 Å². The van der Waals surface area contributed by atoms with Gasteiger partial charge in [-0.2, -0.15) is 0 Å². The zero-order valence-electron chi connectivity index (χ0n) is 13.4. The van der Waals surface area contributed by atoms with Gasteiger partial charge in [-0.15, -0.1) is 0 Å². The zero-order chi connectivity index (χ0) is 17.6. The van der Waals surface area contributed by atoms with Gasteiger partial charge in [-0.05, 0) is 23.8 Å². The summed E-state index contributed by atoms with van der Waals surface area (Å²) in [6.07, 6.45) is 3.19. The highest BCUT2D eigenvalue weighted by atomic mass is 16.3. The highest BCUT2D eigenvalue weighted by molar-refractivity contribution is 5.99. The van der Waals surface area contributed by atoms with Crippen molar-refractivity contribution >= 4 is 22.7 Å². The van der Waals surface area contributed by atoms with Gasteiger partial charge in [-0.25, -0.2) is 0 Å². The topological polar surface area (TPSA) is 107 Å². The lowest BCUT2D eigenvalue weighted by Gasteiger charge is -2.16. The standard InChI is InChI=1S/C18H18N4O3/c23-11-16(13-5-3-7-19-9-13)22-17(24)10-20-18(25)15-8-12-4-1-2-6-14(12)21-15/h1-9,16,21,23H,10-11H2,(H,20,25)(H,22,24). The average molecular weight is 338 g/mol. The number of aromatic amines is 1. The number of nitrogens with zero attached hydrogens (tertiary/aromatic N) is 1. The number of amides is 2. The summed E-state index contributed by atoms with van der Waals surface area (Å²) in [7, 11) is 0. The third kappa shape index (κ3) is 4.02. The van der Waals surface area contributed by atoms with Gasteiger partial charge < -0.3 is 20.7 Å². The fourth-order valence-electron chi connectivity index (χ4n) is 2.51. The molecular weight excluding hydrogens is 320 g/mol. The van der Waals surface area contributed by atoms with Gasteiger partial charge in [0.2, 0.25) is 5.91 Å². The number of aromatic nitrogens is 2. The van der Waals surface area contributed by atoms with Gasteiger partial charge in [0.05, 0.1) is 19.2 Å². The lowest BCUT2D eigenvalue weighted by molar-refractivity contribution is -0.121. The molecule has 0 aliphatic heterocycles. The molecule has 128 valence electrons. The molecular formula is C18H18N4O3.